The van der Waals surface area contributed by atoms with Crippen molar-refractivity contribution in [3.63, 3.8) is 0 Å². The van der Waals surface area contributed by atoms with E-state index in [4.69, 9.17) is 0 Å². The summed E-state index contributed by atoms with van der Waals surface area (Å²) in [7, 11) is 0. The Morgan fingerprint density at radius 2 is 1.87 bits per heavy atom. The lowest BCUT2D eigenvalue weighted by Gasteiger charge is -2.42. The molecule has 88 valence electrons. The molecule has 1 saturated heterocycles. The topological polar surface area (TPSA) is 23.5 Å². The average Bonchev–Trinajstić information content (AvgIpc) is 2.65. The number of aliphatic hydroxyl groups excluding tert-OH is 1. The first-order valence-corrected chi connectivity index (χ1v) is 6.50. The van der Waals surface area contributed by atoms with Crippen LogP contribution in [0.3, 0.4) is 0 Å². The number of nitrogens with zero attached hydrogens (tertiary/aromatic N) is 1. The van der Waals surface area contributed by atoms with E-state index in [0.29, 0.717) is 5.92 Å². The molecule has 2 fully saturated rings. The Morgan fingerprint density at radius 1 is 1.20 bits per heavy atom. The van der Waals surface area contributed by atoms with Crippen molar-refractivity contribution in [2.45, 2.75) is 52.1 Å². The molecule has 2 aliphatic rings. The van der Waals surface area contributed by atoms with Crippen LogP contribution in [0.15, 0.2) is 0 Å². The Kier molecular flexibility index (Phi) is 3.36. The molecule has 0 amide bonds. The smallest absolute Gasteiger partial charge is 0.0631 e. The zero-order valence-corrected chi connectivity index (χ0v) is 10.2. The summed E-state index contributed by atoms with van der Waals surface area (Å²) in [5.74, 6) is 0.520. The predicted octanol–water partition coefficient (Wildman–Crippen LogP) is 2.27. The highest BCUT2D eigenvalue weighted by Gasteiger charge is 2.38. The van der Waals surface area contributed by atoms with E-state index in [-0.39, 0.29) is 11.5 Å². The Balaban J connectivity index is 1.90. The minimum atomic E-state index is -0.0909. The monoisotopic (exact) mass is 211 g/mol. The molecule has 1 N–H and O–H groups in total. The second-order valence-corrected chi connectivity index (χ2v) is 6.09. The standard InChI is InChI=1S/C13H25NO/c1-13(2)7-5-6-11(12(13)15)10-14-8-3-4-9-14/h11-12,15H,3-10H2,1-2H3. The molecule has 0 aromatic rings. The first kappa shape index (κ1) is 11.4. The van der Waals surface area contributed by atoms with E-state index >= 15 is 0 Å². The summed E-state index contributed by atoms with van der Waals surface area (Å²) in [6.45, 7) is 8.07. The van der Waals surface area contributed by atoms with E-state index in [1.165, 1.54) is 45.2 Å². The lowest BCUT2D eigenvalue weighted by molar-refractivity contribution is -0.0410. The summed E-state index contributed by atoms with van der Waals surface area (Å²) in [5.41, 5.74) is 0.142. The molecule has 1 saturated carbocycles. The van der Waals surface area contributed by atoms with Gasteiger partial charge in [-0.15, -0.1) is 0 Å². The Morgan fingerprint density at radius 3 is 2.53 bits per heavy atom. The van der Waals surface area contributed by atoms with E-state index in [1.807, 2.05) is 0 Å². The minimum Gasteiger partial charge on any atom is -0.392 e. The summed E-state index contributed by atoms with van der Waals surface area (Å²) >= 11 is 0. The highest BCUT2D eigenvalue weighted by atomic mass is 16.3. The van der Waals surface area contributed by atoms with Crippen molar-refractivity contribution >= 4 is 0 Å². The normalized spacial score (nSPS) is 37.0. The second-order valence-electron chi connectivity index (χ2n) is 6.09. The van der Waals surface area contributed by atoms with E-state index in [1.54, 1.807) is 0 Å². The van der Waals surface area contributed by atoms with E-state index in [9.17, 15) is 5.11 Å². The average molecular weight is 211 g/mol. The summed E-state index contributed by atoms with van der Waals surface area (Å²) in [6, 6.07) is 0. The molecule has 2 unspecified atom stereocenters. The van der Waals surface area contributed by atoms with Crippen molar-refractivity contribution in [2.24, 2.45) is 11.3 Å². The zero-order chi connectivity index (χ0) is 10.9. The van der Waals surface area contributed by atoms with Crippen LogP contribution in [-0.4, -0.2) is 35.7 Å². The van der Waals surface area contributed by atoms with Crippen molar-refractivity contribution in [3.05, 3.63) is 0 Å². The van der Waals surface area contributed by atoms with Crippen LogP contribution in [0.25, 0.3) is 0 Å². The van der Waals surface area contributed by atoms with Gasteiger partial charge in [0.25, 0.3) is 0 Å². The highest BCUT2D eigenvalue weighted by molar-refractivity contribution is 4.89. The maximum atomic E-state index is 10.3. The number of hydrogen-bond donors (Lipinski definition) is 1. The van der Waals surface area contributed by atoms with Crippen LogP contribution in [0.4, 0.5) is 0 Å². The van der Waals surface area contributed by atoms with E-state index in [2.05, 4.69) is 18.7 Å². The van der Waals surface area contributed by atoms with Crippen molar-refractivity contribution in [2.75, 3.05) is 19.6 Å². The van der Waals surface area contributed by atoms with Crippen molar-refractivity contribution in [3.8, 4) is 0 Å². The van der Waals surface area contributed by atoms with Crippen LogP contribution >= 0.6 is 0 Å². The maximum absolute atomic E-state index is 10.3. The molecule has 1 aliphatic heterocycles. The lowest BCUT2D eigenvalue weighted by atomic mass is 9.69. The van der Waals surface area contributed by atoms with Crippen LogP contribution in [-0.2, 0) is 0 Å². The van der Waals surface area contributed by atoms with Gasteiger partial charge in [-0.3, -0.25) is 0 Å². The van der Waals surface area contributed by atoms with Gasteiger partial charge in [-0.1, -0.05) is 20.3 Å². The number of aliphatic hydroxyl groups is 1. The van der Waals surface area contributed by atoms with Gasteiger partial charge in [-0.05, 0) is 50.1 Å². The molecule has 1 aliphatic carbocycles. The van der Waals surface area contributed by atoms with Gasteiger partial charge in [0.15, 0.2) is 0 Å². The predicted molar refractivity (Wildman–Crippen MR) is 62.8 cm³/mol. The first-order chi connectivity index (χ1) is 7.09. The SMILES string of the molecule is CC1(C)CCCC(CN2CCCC2)C1O. The molecule has 2 atom stereocenters. The third kappa shape index (κ3) is 2.54. The van der Waals surface area contributed by atoms with Crippen molar-refractivity contribution in [1.29, 1.82) is 0 Å². The fraction of sp³-hybridized carbons (Fsp3) is 1.00. The zero-order valence-electron chi connectivity index (χ0n) is 10.2. The Labute approximate surface area is 93.7 Å². The molecule has 15 heavy (non-hydrogen) atoms. The number of likely N-dealkylation sites (tertiary alicyclic amines) is 1. The molecule has 0 aromatic heterocycles. The van der Waals surface area contributed by atoms with Gasteiger partial charge in [0.1, 0.15) is 0 Å². The van der Waals surface area contributed by atoms with Gasteiger partial charge >= 0.3 is 0 Å². The van der Waals surface area contributed by atoms with Crippen LogP contribution in [0.1, 0.15) is 46.0 Å². The largest absolute Gasteiger partial charge is 0.392 e. The van der Waals surface area contributed by atoms with Gasteiger partial charge in [0.05, 0.1) is 6.10 Å². The molecular weight excluding hydrogens is 186 g/mol. The molecule has 2 nitrogen and oxygen atoms in total. The number of hydrogen-bond acceptors (Lipinski definition) is 2. The summed E-state index contributed by atoms with van der Waals surface area (Å²) < 4.78 is 0. The maximum Gasteiger partial charge on any atom is 0.0631 e. The highest BCUT2D eigenvalue weighted by Crippen LogP contribution is 2.39. The Hall–Kier alpha value is -0.0800. The van der Waals surface area contributed by atoms with Gasteiger partial charge in [-0.25, -0.2) is 0 Å². The van der Waals surface area contributed by atoms with Crippen LogP contribution in [0, 0.1) is 11.3 Å². The molecule has 1 heterocycles. The van der Waals surface area contributed by atoms with Gasteiger partial charge in [0, 0.05) is 6.54 Å². The van der Waals surface area contributed by atoms with E-state index in [0.717, 1.165) is 6.54 Å². The van der Waals surface area contributed by atoms with E-state index < -0.39 is 0 Å². The molecule has 0 spiro atoms. The molecule has 0 aromatic carbocycles. The molecule has 0 bridgehead atoms. The van der Waals surface area contributed by atoms with Crippen LogP contribution in [0.5, 0.6) is 0 Å². The van der Waals surface area contributed by atoms with Crippen molar-refractivity contribution < 1.29 is 5.11 Å². The van der Waals surface area contributed by atoms with Gasteiger partial charge in [-0.2, -0.15) is 0 Å². The summed E-state index contributed by atoms with van der Waals surface area (Å²) in [6.07, 6.45) is 6.32. The number of rotatable bonds is 2. The van der Waals surface area contributed by atoms with Gasteiger partial charge < -0.3 is 10.0 Å². The lowest BCUT2D eigenvalue weighted by Crippen LogP contribution is -2.44. The second kappa shape index (κ2) is 4.42. The fourth-order valence-electron chi connectivity index (χ4n) is 3.25. The summed E-state index contributed by atoms with van der Waals surface area (Å²) in [4.78, 5) is 2.54. The fourth-order valence-corrected chi connectivity index (χ4v) is 3.25. The molecule has 2 rings (SSSR count). The van der Waals surface area contributed by atoms with Gasteiger partial charge in [0.2, 0.25) is 0 Å². The molecule has 2 heteroatoms. The minimum absolute atomic E-state index is 0.0909. The molecular formula is C13H25NO. The van der Waals surface area contributed by atoms with Crippen molar-refractivity contribution in [1.82, 2.24) is 4.90 Å². The third-order valence-electron chi connectivity index (χ3n) is 4.33. The first-order valence-electron chi connectivity index (χ1n) is 6.50. The Bertz CT molecular complexity index is 209. The van der Waals surface area contributed by atoms with Crippen LogP contribution in [0.2, 0.25) is 0 Å². The quantitative estimate of drug-likeness (QED) is 0.757. The molecule has 0 radical (unpaired) electrons. The summed E-state index contributed by atoms with van der Waals surface area (Å²) in [5, 5.41) is 10.3. The third-order valence-corrected chi connectivity index (χ3v) is 4.33. The van der Waals surface area contributed by atoms with Crippen LogP contribution < -0.4 is 0 Å².